The van der Waals surface area contributed by atoms with E-state index in [0.29, 0.717) is 23.1 Å². The summed E-state index contributed by atoms with van der Waals surface area (Å²) < 4.78 is 10.6. The number of ether oxygens (including phenoxy) is 2. The average molecular weight is 369 g/mol. The molecule has 1 aliphatic heterocycles. The number of nitrogens with zero attached hydrogens (tertiary/aromatic N) is 1. The Kier molecular flexibility index (Phi) is 6.96. The molecule has 0 atom stereocenters. The number of halogens is 1. The Morgan fingerprint density at radius 3 is 2.28 bits per heavy atom. The lowest BCUT2D eigenvalue weighted by molar-refractivity contribution is 0.0704. The summed E-state index contributed by atoms with van der Waals surface area (Å²) in [4.78, 5) is 14.8. The molecule has 6 heteroatoms. The average Bonchev–Trinajstić information content (AvgIpc) is 3.44. The van der Waals surface area contributed by atoms with Gasteiger partial charge in [-0.2, -0.15) is 0 Å². The third-order valence-corrected chi connectivity index (χ3v) is 5.14. The summed E-state index contributed by atoms with van der Waals surface area (Å²) in [5.41, 5.74) is 1.63. The van der Waals surface area contributed by atoms with Crippen LogP contribution in [0.3, 0.4) is 0 Å². The summed E-state index contributed by atoms with van der Waals surface area (Å²) in [5.74, 6) is 2.26. The zero-order chi connectivity index (χ0) is 17.1. The van der Waals surface area contributed by atoms with E-state index in [-0.39, 0.29) is 18.3 Å². The van der Waals surface area contributed by atoms with Crippen molar-refractivity contribution < 1.29 is 14.3 Å². The van der Waals surface area contributed by atoms with Crippen LogP contribution >= 0.6 is 12.4 Å². The van der Waals surface area contributed by atoms with Gasteiger partial charge in [0.1, 0.15) is 0 Å². The predicted octanol–water partition coefficient (Wildman–Crippen LogP) is 3.04. The van der Waals surface area contributed by atoms with E-state index in [2.05, 4.69) is 5.32 Å². The number of hydrogen-bond acceptors (Lipinski definition) is 4. The molecular weight excluding hydrogens is 340 g/mol. The minimum Gasteiger partial charge on any atom is -0.493 e. The first kappa shape index (κ1) is 19.9. The highest BCUT2D eigenvalue weighted by Crippen LogP contribution is 2.31. The lowest BCUT2D eigenvalue weighted by Crippen LogP contribution is -2.45. The van der Waals surface area contributed by atoms with Crippen molar-refractivity contribution in [2.45, 2.75) is 38.6 Å². The van der Waals surface area contributed by atoms with E-state index < -0.39 is 0 Å². The molecule has 140 valence electrons. The number of carbonyl (C=O) groups is 1. The quantitative estimate of drug-likeness (QED) is 0.838. The third kappa shape index (κ3) is 4.79. The number of hydrogen-bond donors (Lipinski definition) is 1. The second-order valence-electron chi connectivity index (χ2n) is 6.94. The second-order valence-corrected chi connectivity index (χ2v) is 6.94. The van der Waals surface area contributed by atoms with E-state index in [1.54, 1.807) is 20.3 Å². The maximum absolute atomic E-state index is 12.9. The summed E-state index contributed by atoms with van der Waals surface area (Å²) in [6.07, 6.45) is 4.82. The van der Waals surface area contributed by atoms with Crippen LogP contribution in [0.2, 0.25) is 0 Å². The van der Waals surface area contributed by atoms with Crippen molar-refractivity contribution in [2.24, 2.45) is 5.92 Å². The molecule has 1 aliphatic carbocycles. The van der Waals surface area contributed by atoms with Gasteiger partial charge in [-0.3, -0.25) is 4.79 Å². The van der Waals surface area contributed by atoms with Crippen LogP contribution in [-0.4, -0.2) is 50.7 Å². The van der Waals surface area contributed by atoms with Crippen molar-refractivity contribution in [1.29, 1.82) is 0 Å². The summed E-state index contributed by atoms with van der Waals surface area (Å²) >= 11 is 0. The third-order valence-electron chi connectivity index (χ3n) is 5.14. The summed E-state index contributed by atoms with van der Waals surface area (Å²) in [6, 6.07) is 4.23. The van der Waals surface area contributed by atoms with Crippen LogP contribution in [-0.2, 0) is 0 Å². The number of likely N-dealkylation sites (tertiary alicyclic amines) is 1. The molecule has 3 rings (SSSR count). The molecule has 5 nitrogen and oxygen atoms in total. The number of aryl methyl sites for hydroxylation is 1. The number of carbonyl (C=O) groups excluding carboxylic acids is 1. The summed E-state index contributed by atoms with van der Waals surface area (Å²) in [7, 11) is 3.21. The molecule has 1 aromatic rings. The maximum atomic E-state index is 12.9. The van der Waals surface area contributed by atoms with Gasteiger partial charge in [0.15, 0.2) is 11.5 Å². The molecule has 2 fully saturated rings. The van der Waals surface area contributed by atoms with Crippen molar-refractivity contribution in [3.8, 4) is 11.5 Å². The molecule has 1 saturated carbocycles. The number of rotatable bonds is 6. The van der Waals surface area contributed by atoms with Crippen LogP contribution in [0.25, 0.3) is 0 Å². The van der Waals surface area contributed by atoms with Crippen LogP contribution < -0.4 is 14.8 Å². The largest absolute Gasteiger partial charge is 0.493 e. The number of piperidine rings is 1. The van der Waals surface area contributed by atoms with E-state index in [9.17, 15) is 4.79 Å². The fourth-order valence-corrected chi connectivity index (χ4v) is 3.32. The fourth-order valence-electron chi connectivity index (χ4n) is 3.32. The maximum Gasteiger partial charge on any atom is 0.254 e. The molecule has 0 spiro atoms. The van der Waals surface area contributed by atoms with Crippen molar-refractivity contribution in [2.75, 3.05) is 33.9 Å². The van der Waals surface area contributed by atoms with Gasteiger partial charge in [-0.1, -0.05) is 0 Å². The molecular formula is C19H29ClN2O3. The molecule has 0 bridgehead atoms. The van der Waals surface area contributed by atoms with Gasteiger partial charge >= 0.3 is 0 Å². The summed E-state index contributed by atoms with van der Waals surface area (Å²) in [6.45, 7) is 4.72. The Hall–Kier alpha value is -1.46. The SMILES string of the molecule is COc1cc(C)c(C(=O)N2CCC(NCC3CC3)CC2)cc1OC.Cl. The lowest BCUT2D eigenvalue weighted by Gasteiger charge is -2.33. The first-order valence-electron chi connectivity index (χ1n) is 8.87. The fraction of sp³-hybridized carbons (Fsp3) is 0.632. The first-order chi connectivity index (χ1) is 11.6. The second kappa shape index (κ2) is 8.77. The van der Waals surface area contributed by atoms with Crippen LogP contribution in [0.5, 0.6) is 11.5 Å². The number of methoxy groups -OCH3 is 2. The molecule has 1 heterocycles. The highest BCUT2D eigenvalue weighted by atomic mass is 35.5. The minimum atomic E-state index is 0. The number of amides is 1. The highest BCUT2D eigenvalue weighted by molar-refractivity contribution is 5.96. The van der Waals surface area contributed by atoms with Crippen molar-refractivity contribution in [3.05, 3.63) is 23.3 Å². The van der Waals surface area contributed by atoms with E-state index in [0.717, 1.165) is 44.0 Å². The van der Waals surface area contributed by atoms with Crippen LogP contribution in [0.4, 0.5) is 0 Å². The van der Waals surface area contributed by atoms with E-state index in [1.165, 1.54) is 12.8 Å². The molecule has 1 saturated heterocycles. The van der Waals surface area contributed by atoms with Crippen LogP contribution in [0.15, 0.2) is 12.1 Å². The van der Waals surface area contributed by atoms with Gasteiger partial charge in [0.25, 0.3) is 5.91 Å². The highest BCUT2D eigenvalue weighted by Gasteiger charge is 2.27. The van der Waals surface area contributed by atoms with Gasteiger partial charge in [0.05, 0.1) is 14.2 Å². The molecule has 0 unspecified atom stereocenters. The Bertz CT molecular complexity index is 597. The number of benzene rings is 1. The zero-order valence-electron chi connectivity index (χ0n) is 15.3. The van der Waals surface area contributed by atoms with Gasteiger partial charge in [0.2, 0.25) is 0 Å². The summed E-state index contributed by atoms with van der Waals surface area (Å²) in [5, 5.41) is 3.65. The molecule has 1 amide bonds. The molecule has 0 radical (unpaired) electrons. The van der Waals surface area contributed by atoms with E-state index in [4.69, 9.17) is 9.47 Å². The molecule has 25 heavy (non-hydrogen) atoms. The van der Waals surface area contributed by atoms with Gasteiger partial charge in [-0.25, -0.2) is 0 Å². The Morgan fingerprint density at radius 1 is 1.12 bits per heavy atom. The Labute approximate surface area is 156 Å². The Morgan fingerprint density at radius 2 is 1.72 bits per heavy atom. The van der Waals surface area contributed by atoms with Gasteiger partial charge in [0, 0.05) is 24.7 Å². The first-order valence-corrected chi connectivity index (χ1v) is 8.87. The van der Waals surface area contributed by atoms with E-state index in [1.807, 2.05) is 17.9 Å². The lowest BCUT2D eigenvalue weighted by atomic mass is 10.0. The van der Waals surface area contributed by atoms with Gasteiger partial charge in [-0.05, 0) is 62.8 Å². The van der Waals surface area contributed by atoms with Crippen molar-refractivity contribution in [1.82, 2.24) is 10.2 Å². The molecule has 1 aromatic carbocycles. The molecule has 2 aliphatic rings. The van der Waals surface area contributed by atoms with Crippen molar-refractivity contribution in [3.63, 3.8) is 0 Å². The van der Waals surface area contributed by atoms with Crippen molar-refractivity contribution >= 4 is 18.3 Å². The zero-order valence-corrected chi connectivity index (χ0v) is 16.2. The minimum absolute atomic E-state index is 0. The molecule has 0 aromatic heterocycles. The van der Waals surface area contributed by atoms with Gasteiger partial charge in [-0.15, -0.1) is 12.4 Å². The number of nitrogens with one attached hydrogen (secondary N) is 1. The smallest absolute Gasteiger partial charge is 0.254 e. The monoisotopic (exact) mass is 368 g/mol. The Balaban J connectivity index is 0.00000225. The predicted molar refractivity (Wildman–Crippen MR) is 101 cm³/mol. The normalized spacial score (nSPS) is 17.8. The van der Waals surface area contributed by atoms with Crippen LogP contribution in [0, 0.1) is 12.8 Å². The molecule has 1 N–H and O–H groups in total. The van der Waals surface area contributed by atoms with E-state index >= 15 is 0 Å². The topological polar surface area (TPSA) is 50.8 Å². The van der Waals surface area contributed by atoms with Gasteiger partial charge < -0.3 is 19.7 Å². The standard InChI is InChI=1S/C19H28N2O3.ClH/c1-13-10-17(23-2)18(24-3)11-16(13)19(22)21-8-6-15(7-9-21)20-12-14-4-5-14;/h10-11,14-15,20H,4-9,12H2,1-3H3;1H. The van der Waals surface area contributed by atoms with Crippen LogP contribution in [0.1, 0.15) is 41.6 Å².